The Labute approximate surface area is 210 Å². The van der Waals surface area contributed by atoms with Crippen molar-refractivity contribution >= 4 is 44.4 Å². The van der Waals surface area contributed by atoms with Crippen LogP contribution in [0.1, 0.15) is 21.6 Å². The topological polar surface area (TPSA) is 75.0 Å². The standard InChI is InChI=1S/C27H20BrN3O2S/c28-23-10-6-20(7-11-23)15-25-17-30-27(34-25)31-26(32)22(16-29)14-19-8-12-24(13-9-19)33-18-21-4-2-1-3-5-21/h1-14,17H,15,18H2,(H,30,31,32). The number of rotatable bonds is 8. The maximum atomic E-state index is 12.6. The van der Waals surface area contributed by atoms with Crippen LogP contribution in [0.5, 0.6) is 5.75 Å². The number of nitrogens with one attached hydrogen (secondary N) is 1. The Morgan fingerprint density at radius 2 is 1.76 bits per heavy atom. The van der Waals surface area contributed by atoms with Crippen LogP contribution in [-0.4, -0.2) is 10.9 Å². The van der Waals surface area contributed by atoms with Gasteiger partial charge < -0.3 is 4.74 Å². The molecule has 0 unspecified atom stereocenters. The smallest absolute Gasteiger partial charge is 0.268 e. The number of anilines is 1. The lowest BCUT2D eigenvalue weighted by Crippen LogP contribution is -2.13. The minimum absolute atomic E-state index is 0.00242. The van der Waals surface area contributed by atoms with Gasteiger partial charge in [-0.25, -0.2) is 4.98 Å². The Bertz CT molecular complexity index is 1330. The first-order chi connectivity index (χ1) is 16.6. The van der Waals surface area contributed by atoms with E-state index in [2.05, 4.69) is 26.2 Å². The van der Waals surface area contributed by atoms with Crippen molar-refractivity contribution in [3.63, 3.8) is 0 Å². The van der Waals surface area contributed by atoms with Gasteiger partial charge in [-0.3, -0.25) is 10.1 Å². The second-order valence-corrected chi connectivity index (χ2v) is 9.43. The molecular weight excluding hydrogens is 510 g/mol. The van der Waals surface area contributed by atoms with E-state index in [1.807, 2.05) is 84.9 Å². The average Bonchev–Trinajstić information content (AvgIpc) is 3.30. The number of hydrogen-bond acceptors (Lipinski definition) is 5. The summed E-state index contributed by atoms with van der Waals surface area (Å²) in [5.74, 6) is 0.224. The summed E-state index contributed by atoms with van der Waals surface area (Å²) in [5, 5.41) is 12.7. The van der Waals surface area contributed by atoms with Crippen molar-refractivity contribution < 1.29 is 9.53 Å². The Morgan fingerprint density at radius 3 is 2.47 bits per heavy atom. The van der Waals surface area contributed by atoms with Crippen LogP contribution in [-0.2, 0) is 17.8 Å². The molecule has 0 fully saturated rings. The van der Waals surface area contributed by atoms with Crippen LogP contribution >= 0.6 is 27.3 Å². The quantitative estimate of drug-likeness (QED) is 0.205. The van der Waals surface area contributed by atoms with Crippen molar-refractivity contribution in [2.75, 3.05) is 5.32 Å². The average molecular weight is 530 g/mol. The first-order valence-electron chi connectivity index (χ1n) is 10.5. The molecule has 0 bridgehead atoms. The normalized spacial score (nSPS) is 11.0. The van der Waals surface area contributed by atoms with Gasteiger partial charge in [-0.1, -0.05) is 70.5 Å². The minimum atomic E-state index is -0.489. The molecule has 34 heavy (non-hydrogen) atoms. The molecule has 4 aromatic rings. The van der Waals surface area contributed by atoms with Crippen molar-refractivity contribution in [2.45, 2.75) is 13.0 Å². The molecule has 1 amide bonds. The van der Waals surface area contributed by atoms with E-state index in [0.29, 0.717) is 17.5 Å². The fourth-order valence-electron chi connectivity index (χ4n) is 3.13. The van der Waals surface area contributed by atoms with E-state index >= 15 is 0 Å². The van der Waals surface area contributed by atoms with E-state index in [0.717, 1.165) is 32.5 Å². The van der Waals surface area contributed by atoms with Crippen molar-refractivity contribution in [2.24, 2.45) is 0 Å². The van der Waals surface area contributed by atoms with Crippen LogP contribution in [0.2, 0.25) is 0 Å². The Kier molecular flexibility index (Phi) is 7.87. The molecule has 7 heteroatoms. The van der Waals surface area contributed by atoms with Gasteiger partial charge in [0.25, 0.3) is 5.91 Å². The van der Waals surface area contributed by atoms with Crippen LogP contribution in [0.4, 0.5) is 5.13 Å². The molecule has 0 radical (unpaired) electrons. The zero-order valence-corrected chi connectivity index (χ0v) is 20.5. The predicted octanol–water partition coefficient (Wildman–Crippen LogP) is 6.62. The lowest BCUT2D eigenvalue weighted by Gasteiger charge is -2.06. The highest BCUT2D eigenvalue weighted by molar-refractivity contribution is 9.10. The summed E-state index contributed by atoms with van der Waals surface area (Å²) in [6.07, 6.45) is 4.01. The van der Waals surface area contributed by atoms with Crippen LogP contribution in [0.3, 0.4) is 0 Å². The summed E-state index contributed by atoms with van der Waals surface area (Å²) in [6.45, 7) is 0.472. The lowest BCUT2D eigenvalue weighted by atomic mass is 10.1. The molecule has 0 saturated heterocycles. The second-order valence-electron chi connectivity index (χ2n) is 7.40. The predicted molar refractivity (Wildman–Crippen MR) is 138 cm³/mol. The zero-order chi connectivity index (χ0) is 23.8. The van der Waals surface area contributed by atoms with Gasteiger partial charge in [-0.15, -0.1) is 11.3 Å². The van der Waals surface area contributed by atoms with Crippen molar-refractivity contribution in [3.8, 4) is 11.8 Å². The number of hydrogen-bond donors (Lipinski definition) is 1. The van der Waals surface area contributed by atoms with Crippen LogP contribution in [0.25, 0.3) is 6.08 Å². The van der Waals surface area contributed by atoms with Gasteiger partial charge in [0.05, 0.1) is 0 Å². The molecule has 0 saturated carbocycles. The van der Waals surface area contributed by atoms with Crippen molar-refractivity contribution in [1.82, 2.24) is 4.98 Å². The summed E-state index contributed by atoms with van der Waals surface area (Å²) in [4.78, 5) is 17.9. The highest BCUT2D eigenvalue weighted by Crippen LogP contribution is 2.23. The molecule has 0 spiro atoms. The molecule has 1 heterocycles. The molecular formula is C27H20BrN3O2S. The number of nitrogens with zero attached hydrogens (tertiary/aromatic N) is 2. The van der Waals surface area contributed by atoms with Crippen molar-refractivity contribution in [1.29, 1.82) is 5.26 Å². The van der Waals surface area contributed by atoms with Crippen LogP contribution in [0, 0.1) is 11.3 Å². The maximum absolute atomic E-state index is 12.6. The van der Waals surface area contributed by atoms with Gasteiger partial charge in [-0.2, -0.15) is 5.26 Å². The van der Waals surface area contributed by atoms with E-state index in [1.165, 1.54) is 11.3 Å². The molecule has 5 nitrogen and oxygen atoms in total. The third-order valence-corrected chi connectivity index (χ3v) is 6.31. The third kappa shape index (κ3) is 6.64. The number of amides is 1. The van der Waals surface area contributed by atoms with Crippen LogP contribution in [0.15, 0.2) is 95.1 Å². The van der Waals surface area contributed by atoms with Crippen LogP contribution < -0.4 is 10.1 Å². The summed E-state index contributed by atoms with van der Waals surface area (Å²) in [5.41, 5.74) is 2.96. The van der Waals surface area contributed by atoms with E-state index in [1.54, 1.807) is 12.3 Å². The maximum Gasteiger partial charge on any atom is 0.268 e. The number of benzene rings is 3. The number of ether oxygens (including phenoxy) is 1. The molecule has 0 atom stereocenters. The van der Waals surface area contributed by atoms with Gasteiger partial charge in [0.15, 0.2) is 5.13 Å². The number of aromatic nitrogens is 1. The largest absolute Gasteiger partial charge is 0.489 e. The fraction of sp³-hybridized carbons (Fsp3) is 0.0741. The molecule has 3 aromatic carbocycles. The lowest BCUT2D eigenvalue weighted by molar-refractivity contribution is -0.112. The Balaban J connectivity index is 1.35. The zero-order valence-electron chi connectivity index (χ0n) is 18.1. The fourth-order valence-corrected chi connectivity index (χ4v) is 4.24. The molecule has 0 aliphatic carbocycles. The molecule has 4 rings (SSSR count). The number of nitriles is 1. The van der Waals surface area contributed by atoms with Gasteiger partial charge >= 0.3 is 0 Å². The minimum Gasteiger partial charge on any atom is -0.489 e. The Hall–Kier alpha value is -3.73. The summed E-state index contributed by atoms with van der Waals surface area (Å²) < 4.78 is 6.81. The highest BCUT2D eigenvalue weighted by atomic mass is 79.9. The highest BCUT2D eigenvalue weighted by Gasteiger charge is 2.12. The first kappa shape index (κ1) is 23.4. The van der Waals surface area contributed by atoms with E-state index in [9.17, 15) is 10.1 Å². The number of halogens is 1. The number of thiazole rings is 1. The number of carbonyl (C=O) groups excluding carboxylic acids is 1. The molecule has 168 valence electrons. The van der Waals surface area contributed by atoms with Gasteiger partial charge in [-0.05, 0) is 47.0 Å². The van der Waals surface area contributed by atoms with E-state index in [-0.39, 0.29) is 5.57 Å². The second kappa shape index (κ2) is 11.4. The summed E-state index contributed by atoms with van der Waals surface area (Å²) in [7, 11) is 0. The summed E-state index contributed by atoms with van der Waals surface area (Å²) in [6, 6.07) is 27.2. The van der Waals surface area contributed by atoms with Gasteiger partial charge in [0, 0.05) is 22.0 Å². The van der Waals surface area contributed by atoms with Gasteiger partial charge in [0.2, 0.25) is 0 Å². The first-order valence-corrected chi connectivity index (χ1v) is 12.1. The van der Waals surface area contributed by atoms with Gasteiger partial charge in [0.1, 0.15) is 24.0 Å². The molecule has 0 aliphatic heterocycles. The molecule has 1 aromatic heterocycles. The van der Waals surface area contributed by atoms with Crippen molar-refractivity contribution in [3.05, 3.63) is 117 Å². The molecule has 1 N–H and O–H groups in total. The number of carbonyl (C=O) groups is 1. The van der Waals surface area contributed by atoms with E-state index in [4.69, 9.17) is 4.74 Å². The van der Waals surface area contributed by atoms with E-state index < -0.39 is 5.91 Å². The Morgan fingerprint density at radius 1 is 1.03 bits per heavy atom. The monoisotopic (exact) mass is 529 g/mol. The molecule has 0 aliphatic rings. The summed E-state index contributed by atoms with van der Waals surface area (Å²) >= 11 is 4.82. The third-order valence-electron chi connectivity index (χ3n) is 4.87. The SMILES string of the molecule is N#CC(=Cc1ccc(OCc2ccccc2)cc1)C(=O)Nc1ncc(Cc2ccc(Br)cc2)s1.